The standard InChI is InChI=1S/C12H13F2NO/c1-9(2)7-10-3-5-11(6-4-10)12(13,14)15-8-16/h3-6,9H,7H2,1-2H3. The average molecular weight is 225 g/mol. The first kappa shape index (κ1) is 12.5. The molecule has 0 aliphatic heterocycles. The largest absolute Gasteiger partial charge is 0.379 e. The van der Waals surface area contributed by atoms with Crippen molar-refractivity contribution in [2.45, 2.75) is 26.3 Å². The van der Waals surface area contributed by atoms with Crippen LogP contribution in [0.3, 0.4) is 0 Å². The SMILES string of the molecule is CC(C)Cc1ccc(C(F)(F)N=C=O)cc1. The molecular weight excluding hydrogens is 212 g/mol. The van der Waals surface area contributed by atoms with Gasteiger partial charge in [-0.15, -0.1) is 4.99 Å². The van der Waals surface area contributed by atoms with Crippen LogP contribution in [0.5, 0.6) is 0 Å². The van der Waals surface area contributed by atoms with Gasteiger partial charge in [0.05, 0.1) is 0 Å². The van der Waals surface area contributed by atoms with Gasteiger partial charge in [-0.25, -0.2) is 4.79 Å². The molecule has 1 aromatic carbocycles. The zero-order valence-electron chi connectivity index (χ0n) is 9.21. The molecule has 1 rings (SSSR count). The molecule has 2 nitrogen and oxygen atoms in total. The Bertz CT molecular complexity index is 392. The molecule has 0 unspecified atom stereocenters. The van der Waals surface area contributed by atoms with Gasteiger partial charge < -0.3 is 0 Å². The molecule has 0 bridgehead atoms. The van der Waals surface area contributed by atoms with Crippen LogP contribution in [-0.2, 0) is 17.3 Å². The van der Waals surface area contributed by atoms with E-state index in [0.717, 1.165) is 18.1 Å². The van der Waals surface area contributed by atoms with Crippen LogP contribution in [-0.4, -0.2) is 6.08 Å². The number of aliphatic imine (C=N–C) groups is 1. The zero-order chi connectivity index (χ0) is 12.2. The van der Waals surface area contributed by atoms with Crippen molar-refractivity contribution in [3.63, 3.8) is 0 Å². The van der Waals surface area contributed by atoms with Gasteiger partial charge in [-0.05, 0) is 17.9 Å². The number of hydrogen-bond donors (Lipinski definition) is 0. The number of rotatable bonds is 4. The normalized spacial score (nSPS) is 11.3. The minimum Gasteiger partial charge on any atom is -0.211 e. The second kappa shape index (κ2) is 4.99. The van der Waals surface area contributed by atoms with E-state index in [4.69, 9.17) is 0 Å². The van der Waals surface area contributed by atoms with Crippen molar-refractivity contribution >= 4 is 6.08 Å². The Morgan fingerprint density at radius 2 is 1.88 bits per heavy atom. The summed E-state index contributed by atoms with van der Waals surface area (Å²) in [7, 11) is 0. The molecular formula is C12H13F2NO. The first-order chi connectivity index (χ1) is 7.45. The monoisotopic (exact) mass is 225 g/mol. The quantitative estimate of drug-likeness (QED) is 0.439. The Balaban J connectivity index is 2.90. The van der Waals surface area contributed by atoms with Gasteiger partial charge in [-0.1, -0.05) is 38.1 Å². The predicted octanol–water partition coefficient (Wildman–Crippen LogP) is 3.27. The Kier molecular flexibility index (Phi) is 3.91. The van der Waals surface area contributed by atoms with E-state index in [0.29, 0.717) is 5.92 Å². The topological polar surface area (TPSA) is 29.4 Å². The smallest absolute Gasteiger partial charge is 0.211 e. The van der Waals surface area contributed by atoms with Gasteiger partial charge >= 0.3 is 6.05 Å². The lowest BCUT2D eigenvalue weighted by Crippen LogP contribution is -2.09. The summed E-state index contributed by atoms with van der Waals surface area (Å²) in [6.07, 6.45) is 1.71. The number of alkyl halides is 2. The van der Waals surface area contributed by atoms with Crippen molar-refractivity contribution in [1.29, 1.82) is 0 Å². The molecule has 0 heterocycles. The van der Waals surface area contributed by atoms with Crippen LogP contribution in [0.25, 0.3) is 0 Å². The van der Waals surface area contributed by atoms with Crippen molar-refractivity contribution in [1.82, 2.24) is 0 Å². The van der Waals surface area contributed by atoms with Crippen LogP contribution in [0.15, 0.2) is 29.3 Å². The van der Waals surface area contributed by atoms with Crippen LogP contribution in [0, 0.1) is 5.92 Å². The first-order valence-electron chi connectivity index (χ1n) is 5.02. The van der Waals surface area contributed by atoms with Gasteiger partial charge in [0, 0.05) is 5.56 Å². The summed E-state index contributed by atoms with van der Waals surface area (Å²) < 4.78 is 26.2. The number of hydrogen-bond acceptors (Lipinski definition) is 2. The van der Waals surface area contributed by atoms with Crippen LogP contribution in [0.4, 0.5) is 8.78 Å². The third-order valence-electron chi connectivity index (χ3n) is 2.13. The Labute approximate surface area is 93.0 Å². The molecule has 0 saturated heterocycles. The summed E-state index contributed by atoms with van der Waals surface area (Å²) in [5.74, 6) is 0.472. The number of nitrogens with zero attached hydrogens (tertiary/aromatic N) is 1. The fourth-order valence-electron chi connectivity index (χ4n) is 1.43. The van der Waals surface area contributed by atoms with Crippen LogP contribution < -0.4 is 0 Å². The van der Waals surface area contributed by atoms with E-state index in [9.17, 15) is 13.6 Å². The molecule has 0 fully saturated rings. The van der Waals surface area contributed by atoms with Crippen LogP contribution in [0.1, 0.15) is 25.0 Å². The summed E-state index contributed by atoms with van der Waals surface area (Å²) >= 11 is 0. The summed E-state index contributed by atoms with van der Waals surface area (Å²) in [6, 6.07) is 2.36. The molecule has 0 saturated carbocycles. The molecule has 0 aliphatic carbocycles. The third-order valence-corrected chi connectivity index (χ3v) is 2.13. The van der Waals surface area contributed by atoms with E-state index >= 15 is 0 Å². The van der Waals surface area contributed by atoms with Gasteiger partial charge in [0.2, 0.25) is 6.08 Å². The van der Waals surface area contributed by atoms with E-state index in [1.807, 2.05) is 0 Å². The minimum atomic E-state index is -3.47. The average Bonchev–Trinajstić information content (AvgIpc) is 2.17. The Morgan fingerprint density at radius 3 is 2.31 bits per heavy atom. The lowest BCUT2D eigenvalue weighted by Gasteiger charge is -2.10. The maximum atomic E-state index is 13.1. The molecule has 0 atom stereocenters. The summed E-state index contributed by atoms with van der Waals surface area (Å²) in [5, 5.41) is 0. The highest BCUT2D eigenvalue weighted by Crippen LogP contribution is 2.29. The van der Waals surface area contributed by atoms with E-state index < -0.39 is 6.05 Å². The maximum absolute atomic E-state index is 13.1. The van der Waals surface area contributed by atoms with Crippen molar-refractivity contribution in [2.24, 2.45) is 10.9 Å². The molecule has 0 N–H and O–H groups in total. The minimum absolute atomic E-state index is 0.289. The predicted molar refractivity (Wildman–Crippen MR) is 57.0 cm³/mol. The molecule has 0 radical (unpaired) electrons. The van der Waals surface area contributed by atoms with E-state index in [2.05, 4.69) is 18.8 Å². The fourth-order valence-corrected chi connectivity index (χ4v) is 1.43. The van der Waals surface area contributed by atoms with Crippen molar-refractivity contribution in [3.8, 4) is 0 Å². The van der Waals surface area contributed by atoms with Crippen molar-refractivity contribution < 1.29 is 13.6 Å². The molecule has 0 aromatic heterocycles. The number of isocyanates is 1. The van der Waals surface area contributed by atoms with Gasteiger partial charge in [0.15, 0.2) is 0 Å². The van der Waals surface area contributed by atoms with Crippen molar-refractivity contribution in [3.05, 3.63) is 35.4 Å². The van der Waals surface area contributed by atoms with E-state index in [1.54, 1.807) is 12.1 Å². The Hall–Kier alpha value is -1.54. The lowest BCUT2D eigenvalue weighted by atomic mass is 10.0. The van der Waals surface area contributed by atoms with Crippen LogP contribution in [0.2, 0.25) is 0 Å². The number of halogens is 2. The molecule has 16 heavy (non-hydrogen) atoms. The van der Waals surface area contributed by atoms with Gasteiger partial charge in [-0.3, -0.25) is 0 Å². The molecule has 0 spiro atoms. The zero-order valence-corrected chi connectivity index (χ0v) is 9.21. The highest BCUT2D eigenvalue weighted by molar-refractivity contribution is 5.36. The van der Waals surface area contributed by atoms with Gasteiger partial charge in [0.1, 0.15) is 0 Å². The first-order valence-corrected chi connectivity index (χ1v) is 5.02. The molecule has 86 valence electrons. The van der Waals surface area contributed by atoms with Gasteiger partial charge in [-0.2, -0.15) is 8.78 Å². The number of benzene rings is 1. The lowest BCUT2D eigenvalue weighted by molar-refractivity contribution is 0.00616. The summed E-state index contributed by atoms with van der Waals surface area (Å²) in [4.78, 5) is 12.3. The van der Waals surface area contributed by atoms with Gasteiger partial charge in [0.25, 0.3) is 0 Å². The van der Waals surface area contributed by atoms with Crippen molar-refractivity contribution in [2.75, 3.05) is 0 Å². The van der Waals surface area contributed by atoms with E-state index in [1.165, 1.54) is 12.1 Å². The highest BCUT2D eigenvalue weighted by atomic mass is 19.3. The second-order valence-corrected chi connectivity index (χ2v) is 4.04. The third kappa shape index (κ3) is 3.24. The number of carbonyl (C=O) groups excluding carboxylic acids is 1. The fraction of sp³-hybridized carbons (Fsp3) is 0.417. The van der Waals surface area contributed by atoms with E-state index in [-0.39, 0.29) is 5.56 Å². The molecule has 0 amide bonds. The maximum Gasteiger partial charge on any atom is 0.379 e. The molecule has 0 aliphatic rings. The molecule has 4 heteroatoms. The van der Waals surface area contributed by atoms with Crippen LogP contribution >= 0.6 is 0 Å². The summed E-state index contributed by atoms with van der Waals surface area (Å²) in [5.41, 5.74) is 0.702. The Morgan fingerprint density at radius 1 is 1.31 bits per heavy atom. The summed E-state index contributed by atoms with van der Waals surface area (Å²) in [6.45, 7) is 4.11. The molecule has 1 aromatic rings. The second-order valence-electron chi connectivity index (χ2n) is 4.04. The highest BCUT2D eigenvalue weighted by Gasteiger charge is 2.30.